The van der Waals surface area contributed by atoms with Crippen LogP contribution in [0.1, 0.15) is 35.2 Å². The van der Waals surface area contributed by atoms with Crippen LogP contribution in [0.4, 0.5) is 0 Å². The summed E-state index contributed by atoms with van der Waals surface area (Å²) in [7, 11) is 0. The molecule has 6 nitrogen and oxygen atoms in total. The Morgan fingerprint density at radius 2 is 1.64 bits per heavy atom. The van der Waals surface area contributed by atoms with Gasteiger partial charge in [0, 0.05) is 27.1 Å². The fraction of sp³-hybridized carbons (Fsp3) is 0.108. The van der Waals surface area contributed by atoms with Gasteiger partial charge in [-0.1, -0.05) is 114 Å². The van der Waals surface area contributed by atoms with Gasteiger partial charge in [0.2, 0.25) is 0 Å². The highest BCUT2D eigenvalue weighted by Crippen LogP contribution is 2.36. The highest BCUT2D eigenvalue weighted by Gasteiger charge is 2.35. The van der Waals surface area contributed by atoms with Gasteiger partial charge < -0.3 is 9.72 Å². The van der Waals surface area contributed by atoms with E-state index in [1.165, 1.54) is 11.3 Å². The molecule has 7 rings (SSSR count). The molecule has 2 aromatic heterocycles. The second kappa shape index (κ2) is 11.8. The standard InChI is InChI=1S/C37H28ClN3O3S/c1-3-44-36(43)30-33(24-14-8-5-9-15-24)40-37-41(34(30)25-17-19-26(38)20-18-25)35(42)29(45-37)21-28-27-16-10-11-22(2)31(27)39-32(28)23-12-6-4-7-13-23/h4-21,34,39H,3H2,1-2H3/b29-21+/t34-/m0/s1. The number of halogens is 1. The highest BCUT2D eigenvalue weighted by atomic mass is 35.5. The Bertz CT molecular complexity index is 2280. The summed E-state index contributed by atoms with van der Waals surface area (Å²) in [6.07, 6.45) is 1.94. The molecule has 1 atom stereocenters. The third-order valence-corrected chi connectivity index (χ3v) is 9.21. The van der Waals surface area contributed by atoms with Crippen LogP contribution in [-0.4, -0.2) is 22.1 Å². The van der Waals surface area contributed by atoms with Crippen molar-refractivity contribution in [2.75, 3.05) is 6.61 Å². The van der Waals surface area contributed by atoms with E-state index in [0.29, 0.717) is 25.6 Å². The summed E-state index contributed by atoms with van der Waals surface area (Å²) in [5.41, 5.74) is 7.02. The Morgan fingerprint density at radius 3 is 2.33 bits per heavy atom. The van der Waals surface area contributed by atoms with Gasteiger partial charge in [-0.25, -0.2) is 9.79 Å². The van der Waals surface area contributed by atoms with Crippen molar-refractivity contribution in [1.29, 1.82) is 0 Å². The number of ether oxygens (including phenoxy) is 1. The Morgan fingerprint density at radius 1 is 0.956 bits per heavy atom. The third kappa shape index (κ3) is 5.14. The van der Waals surface area contributed by atoms with Crippen molar-refractivity contribution >= 4 is 51.6 Å². The van der Waals surface area contributed by atoms with Gasteiger partial charge in [0.25, 0.3) is 5.56 Å². The highest BCUT2D eigenvalue weighted by molar-refractivity contribution is 7.07. The molecule has 1 N–H and O–H groups in total. The number of aromatic amines is 1. The second-order valence-electron chi connectivity index (χ2n) is 10.8. The molecule has 6 aromatic rings. The van der Waals surface area contributed by atoms with Crippen LogP contribution in [0.15, 0.2) is 118 Å². The lowest BCUT2D eigenvalue weighted by Gasteiger charge is -2.25. The average molecular weight is 630 g/mol. The molecule has 4 aromatic carbocycles. The number of esters is 1. The largest absolute Gasteiger partial charge is 0.463 e. The number of aryl methyl sites for hydroxylation is 1. The maximum atomic E-state index is 14.5. The zero-order valence-corrected chi connectivity index (χ0v) is 26.2. The Kier molecular flexibility index (Phi) is 7.57. The summed E-state index contributed by atoms with van der Waals surface area (Å²) < 4.78 is 7.69. The number of thiazole rings is 1. The predicted octanol–water partition coefficient (Wildman–Crippen LogP) is 7.05. The number of hydrogen-bond acceptors (Lipinski definition) is 5. The predicted molar refractivity (Wildman–Crippen MR) is 181 cm³/mol. The van der Waals surface area contributed by atoms with E-state index < -0.39 is 12.0 Å². The van der Waals surface area contributed by atoms with Crippen LogP contribution in [-0.2, 0) is 9.53 Å². The summed E-state index contributed by atoms with van der Waals surface area (Å²) in [5.74, 6) is -0.521. The Balaban J connectivity index is 1.54. The fourth-order valence-corrected chi connectivity index (χ4v) is 7.01. The molecule has 0 unspecified atom stereocenters. The average Bonchev–Trinajstić information content (AvgIpc) is 3.59. The quantitative estimate of drug-likeness (QED) is 0.201. The van der Waals surface area contributed by atoms with Crippen molar-refractivity contribution in [3.63, 3.8) is 0 Å². The van der Waals surface area contributed by atoms with Gasteiger partial charge in [0.15, 0.2) is 4.80 Å². The van der Waals surface area contributed by atoms with Crippen molar-refractivity contribution < 1.29 is 9.53 Å². The minimum atomic E-state index is -0.770. The normalized spacial score (nSPS) is 14.8. The number of H-pyrrole nitrogens is 1. The summed E-state index contributed by atoms with van der Waals surface area (Å²) >= 11 is 7.57. The van der Waals surface area contributed by atoms with E-state index >= 15 is 0 Å². The van der Waals surface area contributed by atoms with Crippen molar-refractivity contribution in [3.8, 4) is 11.3 Å². The SMILES string of the molecule is CCOC(=O)C1=C(c2ccccc2)N=c2s/c(=C/c3c(-c4ccccc4)[nH]c4c(C)cccc34)c(=O)n2[C@H]1c1ccc(Cl)cc1. The number of para-hydroxylation sites is 1. The molecule has 8 heteroatoms. The molecule has 45 heavy (non-hydrogen) atoms. The summed E-state index contributed by atoms with van der Waals surface area (Å²) in [6, 6.07) is 32.2. The molecule has 0 aliphatic carbocycles. The van der Waals surface area contributed by atoms with Gasteiger partial charge in [-0.15, -0.1) is 0 Å². The number of carbonyl (C=O) groups excluding carboxylic acids is 1. The Hall–Kier alpha value is -4.98. The molecule has 0 bridgehead atoms. The van der Waals surface area contributed by atoms with Crippen molar-refractivity contribution in [2.24, 2.45) is 4.99 Å². The minimum Gasteiger partial charge on any atom is -0.463 e. The van der Waals surface area contributed by atoms with Gasteiger partial charge in [-0.3, -0.25) is 9.36 Å². The maximum absolute atomic E-state index is 14.5. The van der Waals surface area contributed by atoms with Gasteiger partial charge in [0.05, 0.1) is 34.1 Å². The van der Waals surface area contributed by atoms with E-state index in [4.69, 9.17) is 21.3 Å². The minimum absolute atomic E-state index is 0.185. The molecule has 1 aliphatic heterocycles. The zero-order chi connectivity index (χ0) is 31.1. The molecular weight excluding hydrogens is 602 g/mol. The van der Waals surface area contributed by atoms with Crippen LogP contribution in [0.2, 0.25) is 5.02 Å². The lowest BCUT2D eigenvalue weighted by atomic mass is 9.93. The first-order valence-corrected chi connectivity index (χ1v) is 15.8. The Labute approximate surface area is 268 Å². The molecule has 0 fully saturated rings. The van der Waals surface area contributed by atoms with Crippen LogP contribution in [0.5, 0.6) is 0 Å². The summed E-state index contributed by atoms with van der Waals surface area (Å²) in [5, 5.41) is 1.57. The number of benzene rings is 4. The number of nitrogens with one attached hydrogen (secondary N) is 1. The first-order chi connectivity index (χ1) is 21.9. The van der Waals surface area contributed by atoms with Crippen molar-refractivity contribution in [2.45, 2.75) is 19.9 Å². The zero-order valence-electron chi connectivity index (χ0n) is 24.6. The molecule has 0 saturated carbocycles. The number of hydrogen-bond donors (Lipinski definition) is 1. The maximum Gasteiger partial charge on any atom is 0.338 e. The van der Waals surface area contributed by atoms with Crippen LogP contribution in [0, 0.1) is 6.92 Å². The van der Waals surface area contributed by atoms with Gasteiger partial charge in [0.1, 0.15) is 0 Å². The third-order valence-electron chi connectivity index (χ3n) is 7.98. The molecule has 3 heterocycles. The van der Waals surface area contributed by atoms with E-state index in [2.05, 4.69) is 36.2 Å². The first-order valence-electron chi connectivity index (χ1n) is 14.6. The number of fused-ring (bicyclic) bond motifs is 2. The number of carbonyl (C=O) groups is 1. The number of rotatable bonds is 6. The van der Waals surface area contributed by atoms with E-state index in [9.17, 15) is 9.59 Å². The lowest BCUT2D eigenvalue weighted by molar-refractivity contribution is -0.138. The molecule has 0 saturated heterocycles. The van der Waals surface area contributed by atoms with Crippen LogP contribution < -0.4 is 14.9 Å². The van der Waals surface area contributed by atoms with Crippen molar-refractivity contribution in [3.05, 3.63) is 156 Å². The van der Waals surface area contributed by atoms with Crippen LogP contribution in [0.25, 0.3) is 33.9 Å². The molecule has 1 aliphatic rings. The van der Waals surface area contributed by atoms with Crippen molar-refractivity contribution in [1.82, 2.24) is 9.55 Å². The van der Waals surface area contributed by atoms with Crippen LogP contribution in [0.3, 0.4) is 0 Å². The molecule has 222 valence electrons. The molecule has 0 amide bonds. The van der Waals surface area contributed by atoms with E-state index in [1.807, 2.05) is 72.8 Å². The van der Waals surface area contributed by atoms with E-state index in [-0.39, 0.29) is 12.2 Å². The number of nitrogens with zero attached hydrogens (tertiary/aromatic N) is 2. The fourth-order valence-electron chi connectivity index (χ4n) is 5.90. The van der Waals surface area contributed by atoms with E-state index in [0.717, 1.165) is 44.4 Å². The monoisotopic (exact) mass is 629 g/mol. The molecular formula is C37H28ClN3O3S. The lowest BCUT2D eigenvalue weighted by Crippen LogP contribution is -2.40. The smallest absolute Gasteiger partial charge is 0.338 e. The van der Waals surface area contributed by atoms with Gasteiger partial charge >= 0.3 is 5.97 Å². The molecule has 0 radical (unpaired) electrons. The van der Waals surface area contributed by atoms with Gasteiger partial charge in [-0.2, -0.15) is 0 Å². The number of aromatic nitrogens is 2. The van der Waals surface area contributed by atoms with Gasteiger partial charge in [-0.05, 0) is 48.7 Å². The van der Waals surface area contributed by atoms with Crippen LogP contribution >= 0.6 is 22.9 Å². The summed E-state index contributed by atoms with van der Waals surface area (Å²) in [4.78, 5) is 37.3. The van der Waals surface area contributed by atoms with E-state index in [1.54, 1.807) is 23.6 Å². The molecule has 0 spiro atoms. The summed E-state index contributed by atoms with van der Waals surface area (Å²) in [6.45, 7) is 4.02. The topological polar surface area (TPSA) is 76.4 Å². The first kappa shape index (κ1) is 28.8. The second-order valence-corrected chi connectivity index (χ2v) is 12.2.